The van der Waals surface area contributed by atoms with Gasteiger partial charge in [-0.15, -0.1) is 0 Å². The van der Waals surface area contributed by atoms with Gasteiger partial charge in [-0.3, -0.25) is 0 Å². The van der Waals surface area contributed by atoms with E-state index in [2.05, 4.69) is 39.8 Å². The molecule has 0 N–H and O–H groups in total. The van der Waals surface area contributed by atoms with Crippen LogP contribution in [0.1, 0.15) is 45.2 Å². The lowest BCUT2D eigenvalue weighted by Crippen LogP contribution is -2.41. The average molecular weight is 304 g/mol. The van der Waals surface area contributed by atoms with Crippen molar-refractivity contribution in [2.45, 2.75) is 58.2 Å². The van der Waals surface area contributed by atoms with Gasteiger partial charge in [0, 0.05) is 12.6 Å². The van der Waals surface area contributed by atoms with E-state index in [9.17, 15) is 0 Å². The van der Waals surface area contributed by atoms with Gasteiger partial charge in [0.05, 0.1) is 11.2 Å². The molecule has 1 aliphatic carbocycles. The minimum atomic E-state index is -0.400. The van der Waals surface area contributed by atoms with Crippen molar-refractivity contribution in [3.05, 3.63) is 23.3 Å². The van der Waals surface area contributed by atoms with Crippen molar-refractivity contribution >= 4 is 12.6 Å². The van der Waals surface area contributed by atoms with Gasteiger partial charge in [-0.25, -0.2) is 0 Å². The topological polar surface area (TPSA) is 36.9 Å². The highest BCUT2D eigenvalue weighted by Crippen LogP contribution is 2.38. The summed E-state index contributed by atoms with van der Waals surface area (Å²) in [5.74, 6) is 0.885. The van der Waals surface area contributed by atoms with E-state index < -0.39 is 7.12 Å². The van der Waals surface area contributed by atoms with Crippen molar-refractivity contribution in [2.75, 3.05) is 13.9 Å². The highest BCUT2D eigenvalue weighted by molar-refractivity contribution is 6.63. The van der Waals surface area contributed by atoms with Gasteiger partial charge in [0.2, 0.25) is 0 Å². The molecule has 0 unspecified atom stereocenters. The van der Waals surface area contributed by atoms with Crippen LogP contribution in [-0.4, -0.2) is 32.2 Å². The Morgan fingerprint density at radius 2 is 1.77 bits per heavy atom. The van der Waals surface area contributed by atoms with Gasteiger partial charge in [0.1, 0.15) is 5.75 Å². The Kier molecular flexibility index (Phi) is 4.00. The summed E-state index contributed by atoms with van der Waals surface area (Å²) in [7, 11) is 1.24. The molecule has 0 amide bonds. The Labute approximate surface area is 133 Å². The molecule has 1 aromatic rings. The van der Waals surface area contributed by atoms with Gasteiger partial charge in [-0.2, -0.15) is 0 Å². The SMILES string of the molecule is COCOc1c(B2OC(C)(C)C(C)(C)O2)ccc2c1CCC2. The lowest BCUT2D eigenvalue weighted by molar-refractivity contribution is 0.00578. The normalized spacial score (nSPS) is 22.0. The summed E-state index contributed by atoms with van der Waals surface area (Å²) >= 11 is 0. The first-order valence-electron chi connectivity index (χ1n) is 7.98. The van der Waals surface area contributed by atoms with Gasteiger partial charge < -0.3 is 18.8 Å². The van der Waals surface area contributed by atoms with Crippen LogP contribution in [0.4, 0.5) is 0 Å². The molecule has 5 heteroatoms. The molecular formula is C17H25BO4. The molecule has 3 rings (SSSR count). The molecule has 1 saturated heterocycles. The van der Waals surface area contributed by atoms with E-state index in [1.165, 1.54) is 17.5 Å². The second-order valence-electron chi connectivity index (χ2n) is 7.11. The summed E-state index contributed by atoms with van der Waals surface area (Å²) in [6, 6.07) is 4.26. The number of fused-ring (bicyclic) bond motifs is 1. The number of benzene rings is 1. The molecule has 0 atom stereocenters. The Balaban J connectivity index is 1.97. The van der Waals surface area contributed by atoms with Crippen molar-refractivity contribution in [3.63, 3.8) is 0 Å². The molecule has 1 fully saturated rings. The molecule has 0 aromatic heterocycles. The van der Waals surface area contributed by atoms with Crippen molar-refractivity contribution < 1.29 is 18.8 Å². The van der Waals surface area contributed by atoms with Crippen molar-refractivity contribution in [1.29, 1.82) is 0 Å². The van der Waals surface area contributed by atoms with Gasteiger partial charge in [-0.05, 0) is 58.1 Å². The summed E-state index contributed by atoms with van der Waals surface area (Å²) in [5, 5.41) is 0. The molecule has 1 aliphatic heterocycles. The number of aryl methyl sites for hydroxylation is 1. The molecule has 0 spiro atoms. The fraction of sp³-hybridized carbons (Fsp3) is 0.647. The third-order valence-electron chi connectivity index (χ3n) is 5.09. The first-order chi connectivity index (χ1) is 10.4. The third-order valence-corrected chi connectivity index (χ3v) is 5.09. The smallest absolute Gasteiger partial charge is 0.468 e. The molecule has 120 valence electrons. The molecule has 4 nitrogen and oxygen atoms in total. The second kappa shape index (κ2) is 5.55. The highest BCUT2D eigenvalue weighted by Gasteiger charge is 2.52. The zero-order chi connectivity index (χ0) is 16.0. The summed E-state index contributed by atoms with van der Waals surface area (Å²) < 4.78 is 23.4. The van der Waals surface area contributed by atoms with Crippen LogP contribution in [0.15, 0.2) is 12.1 Å². The average Bonchev–Trinajstić information content (AvgIpc) is 2.98. The predicted molar refractivity (Wildman–Crippen MR) is 86.7 cm³/mol. The molecule has 22 heavy (non-hydrogen) atoms. The van der Waals surface area contributed by atoms with E-state index >= 15 is 0 Å². The Hall–Kier alpha value is -1.04. The van der Waals surface area contributed by atoms with Crippen LogP contribution in [0.2, 0.25) is 0 Å². The van der Waals surface area contributed by atoms with E-state index in [4.69, 9.17) is 18.8 Å². The standard InChI is InChI=1S/C17H25BO4/c1-16(2)17(3,4)22-18(21-16)14-10-9-12-7-6-8-13(12)15(14)20-11-19-5/h9-10H,6-8,11H2,1-5H3. The van der Waals surface area contributed by atoms with Crippen molar-refractivity contribution in [3.8, 4) is 5.75 Å². The van der Waals surface area contributed by atoms with Crippen molar-refractivity contribution in [1.82, 2.24) is 0 Å². The number of hydrogen-bond acceptors (Lipinski definition) is 4. The second-order valence-corrected chi connectivity index (χ2v) is 7.11. The van der Waals surface area contributed by atoms with E-state index in [0.717, 1.165) is 24.1 Å². The van der Waals surface area contributed by atoms with Gasteiger partial charge in [0.15, 0.2) is 6.79 Å². The maximum absolute atomic E-state index is 6.19. The molecule has 1 aromatic carbocycles. The van der Waals surface area contributed by atoms with Crippen LogP contribution < -0.4 is 10.2 Å². The highest BCUT2D eigenvalue weighted by atomic mass is 16.7. The van der Waals surface area contributed by atoms with E-state index in [1.54, 1.807) is 7.11 Å². The molecule has 0 saturated carbocycles. The predicted octanol–water partition coefficient (Wildman–Crippen LogP) is 2.46. The first kappa shape index (κ1) is 15.8. The van der Waals surface area contributed by atoms with Gasteiger partial charge in [0.25, 0.3) is 0 Å². The fourth-order valence-corrected chi connectivity index (χ4v) is 3.09. The van der Waals surface area contributed by atoms with Gasteiger partial charge >= 0.3 is 7.12 Å². The van der Waals surface area contributed by atoms with Crippen LogP contribution in [0.25, 0.3) is 0 Å². The van der Waals surface area contributed by atoms with Gasteiger partial charge in [-0.1, -0.05) is 12.1 Å². The molecule has 0 radical (unpaired) electrons. The minimum Gasteiger partial charge on any atom is -0.468 e. The fourth-order valence-electron chi connectivity index (χ4n) is 3.09. The minimum absolute atomic E-state index is 0.239. The van der Waals surface area contributed by atoms with Crippen LogP contribution >= 0.6 is 0 Å². The van der Waals surface area contributed by atoms with Crippen LogP contribution in [0, 0.1) is 0 Å². The lowest BCUT2D eigenvalue weighted by atomic mass is 9.77. The zero-order valence-corrected chi connectivity index (χ0v) is 14.2. The Bertz CT molecular complexity index is 552. The number of methoxy groups -OCH3 is 1. The van der Waals surface area contributed by atoms with Crippen LogP contribution in [-0.2, 0) is 26.9 Å². The summed E-state index contributed by atoms with van der Waals surface area (Å²) in [5.41, 5.74) is 2.91. The monoisotopic (exact) mass is 304 g/mol. The third kappa shape index (κ3) is 2.55. The molecule has 1 heterocycles. The Morgan fingerprint density at radius 1 is 1.09 bits per heavy atom. The Morgan fingerprint density at radius 3 is 2.41 bits per heavy atom. The first-order valence-corrected chi connectivity index (χ1v) is 7.98. The molecule has 2 aliphatic rings. The van der Waals surface area contributed by atoms with E-state index in [-0.39, 0.29) is 18.0 Å². The number of hydrogen-bond donors (Lipinski definition) is 0. The van der Waals surface area contributed by atoms with E-state index in [1.807, 2.05) is 0 Å². The molecule has 0 bridgehead atoms. The lowest BCUT2D eigenvalue weighted by Gasteiger charge is -2.32. The number of ether oxygens (including phenoxy) is 2. The van der Waals surface area contributed by atoms with Crippen molar-refractivity contribution in [2.24, 2.45) is 0 Å². The zero-order valence-electron chi connectivity index (χ0n) is 14.2. The quantitative estimate of drug-likeness (QED) is 0.632. The summed E-state index contributed by atoms with van der Waals surface area (Å²) in [6.07, 6.45) is 3.33. The largest absolute Gasteiger partial charge is 0.498 e. The van der Waals surface area contributed by atoms with Crippen LogP contribution in [0.5, 0.6) is 5.75 Å². The van der Waals surface area contributed by atoms with E-state index in [0.29, 0.717) is 0 Å². The maximum atomic E-state index is 6.19. The number of rotatable bonds is 4. The summed E-state index contributed by atoms with van der Waals surface area (Å²) in [4.78, 5) is 0. The maximum Gasteiger partial charge on any atom is 0.498 e. The van der Waals surface area contributed by atoms with Crippen LogP contribution in [0.3, 0.4) is 0 Å². The molecular weight excluding hydrogens is 279 g/mol. The summed E-state index contributed by atoms with van der Waals surface area (Å²) in [6.45, 7) is 8.50.